The molecule has 1 amide bonds. The molecule has 0 bridgehead atoms. The second kappa shape index (κ2) is 6.48. The van der Waals surface area contributed by atoms with Gasteiger partial charge in [0.2, 0.25) is 0 Å². The van der Waals surface area contributed by atoms with Crippen LogP contribution < -0.4 is 5.69 Å². The molecule has 1 fully saturated rings. The van der Waals surface area contributed by atoms with E-state index in [4.69, 9.17) is 5.11 Å². The number of nitrogens with zero attached hydrogens (tertiary/aromatic N) is 3. The number of likely N-dealkylation sites (tertiary alicyclic amines) is 1. The number of hydrogen-bond acceptors (Lipinski definition) is 4. The highest BCUT2D eigenvalue weighted by Gasteiger charge is 2.32. The number of benzene rings is 1. The molecule has 3 aromatic rings. The summed E-state index contributed by atoms with van der Waals surface area (Å²) >= 11 is 0. The zero-order chi connectivity index (χ0) is 20.1. The molecule has 10 heteroatoms. The quantitative estimate of drug-likeness (QED) is 0.711. The molecule has 146 valence electrons. The minimum Gasteiger partial charge on any atom is -0.396 e. The molecule has 1 aliphatic heterocycles. The first-order valence-corrected chi connectivity index (χ1v) is 8.47. The van der Waals surface area contributed by atoms with Gasteiger partial charge in [0.1, 0.15) is 0 Å². The number of nitrogens with one attached hydrogen (secondary N) is 1. The van der Waals surface area contributed by atoms with Gasteiger partial charge in [-0.1, -0.05) is 0 Å². The highest BCUT2D eigenvalue weighted by Crippen LogP contribution is 2.30. The third kappa shape index (κ3) is 2.95. The number of rotatable bonds is 3. The van der Waals surface area contributed by atoms with Crippen molar-refractivity contribution in [1.29, 1.82) is 0 Å². The fourth-order valence-corrected chi connectivity index (χ4v) is 3.24. The summed E-state index contributed by atoms with van der Waals surface area (Å²) in [5.74, 6) is -0.269. The Morgan fingerprint density at radius 2 is 1.89 bits per heavy atom. The van der Waals surface area contributed by atoms with Crippen molar-refractivity contribution in [2.24, 2.45) is 5.92 Å². The van der Waals surface area contributed by atoms with Crippen LogP contribution in [0.2, 0.25) is 0 Å². The summed E-state index contributed by atoms with van der Waals surface area (Å²) in [7, 11) is 0. The maximum absolute atomic E-state index is 12.8. The van der Waals surface area contributed by atoms with E-state index in [0.29, 0.717) is 13.1 Å². The van der Waals surface area contributed by atoms with Gasteiger partial charge in [0.05, 0.1) is 22.3 Å². The summed E-state index contributed by atoms with van der Waals surface area (Å²) in [5.41, 5.74) is -0.641. The molecule has 2 N–H and O–H groups in total. The Hall–Kier alpha value is -3.14. The van der Waals surface area contributed by atoms with Gasteiger partial charge in [-0.15, -0.1) is 0 Å². The van der Waals surface area contributed by atoms with E-state index in [0.717, 1.165) is 16.7 Å². The SMILES string of the molecule is O=C(c1ccnc2c1[nH]c(=O)n2-c1ccc(C(F)(F)F)cc1)N1CC(CO)C1. The maximum Gasteiger partial charge on any atom is 0.416 e. The Morgan fingerprint density at radius 3 is 2.50 bits per heavy atom. The largest absolute Gasteiger partial charge is 0.416 e. The van der Waals surface area contributed by atoms with Crippen LogP contribution in [0.15, 0.2) is 41.3 Å². The molecular formula is C18H15F3N4O3. The van der Waals surface area contributed by atoms with Crippen molar-refractivity contribution in [2.45, 2.75) is 6.18 Å². The summed E-state index contributed by atoms with van der Waals surface area (Å²) in [6.45, 7) is 0.836. The normalized spacial score (nSPS) is 15.1. The fraction of sp³-hybridized carbons (Fsp3) is 0.278. The van der Waals surface area contributed by atoms with Crippen molar-refractivity contribution in [3.63, 3.8) is 0 Å². The number of H-pyrrole nitrogens is 1. The van der Waals surface area contributed by atoms with Gasteiger partial charge in [-0.2, -0.15) is 13.2 Å². The number of imidazole rings is 1. The van der Waals surface area contributed by atoms with E-state index in [1.807, 2.05) is 0 Å². The predicted octanol–water partition coefficient (Wildman–Crippen LogP) is 1.80. The van der Waals surface area contributed by atoms with Gasteiger partial charge in [0, 0.05) is 31.8 Å². The number of carbonyl (C=O) groups excluding carboxylic acids is 1. The molecule has 28 heavy (non-hydrogen) atoms. The summed E-state index contributed by atoms with van der Waals surface area (Å²) < 4.78 is 39.4. The molecule has 1 aromatic carbocycles. The number of alkyl halides is 3. The standard InChI is InChI=1S/C18H15F3N4O3/c19-18(20,21)11-1-3-12(4-2-11)25-15-14(23-17(25)28)13(5-6-22-15)16(27)24-7-10(8-24)9-26/h1-6,10,26H,7-9H2,(H,23,28). The van der Waals surface area contributed by atoms with Gasteiger partial charge in [0.15, 0.2) is 5.65 Å². The lowest BCUT2D eigenvalue weighted by Crippen LogP contribution is -2.51. The molecule has 0 unspecified atom stereocenters. The van der Waals surface area contributed by atoms with Crippen molar-refractivity contribution in [3.05, 3.63) is 58.1 Å². The molecule has 0 saturated carbocycles. The van der Waals surface area contributed by atoms with Crippen LogP contribution in [-0.2, 0) is 6.18 Å². The number of hydrogen-bond donors (Lipinski definition) is 2. The topological polar surface area (TPSA) is 91.2 Å². The summed E-state index contributed by atoms with van der Waals surface area (Å²) in [5, 5.41) is 9.09. The third-order valence-electron chi connectivity index (χ3n) is 4.76. The minimum atomic E-state index is -4.48. The Bertz CT molecular complexity index is 1100. The number of pyridine rings is 1. The van der Waals surface area contributed by atoms with Gasteiger partial charge in [-0.25, -0.2) is 14.3 Å². The Morgan fingerprint density at radius 1 is 1.21 bits per heavy atom. The highest BCUT2D eigenvalue weighted by atomic mass is 19.4. The Balaban J connectivity index is 1.75. The van der Waals surface area contributed by atoms with Gasteiger partial charge < -0.3 is 15.0 Å². The Kier molecular flexibility index (Phi) is 4.22. The van der Waals surface area contributed by atoms with E-state index in [9.17, 15) is 22.8 Å². The number of aliphatic hydroxyl groups excluding tert-OH is 1. The van der Waals surface area contributed by atoms with E-state index in [1.54, 1.807) is 4.90 Å². The van der Waals surface area contributed by atoms with Crippen LogP contribution in [0.4, 0.5) is 13.2 Å². The first kappa shape index (κ1) is 18.2. The minimum absolute atomic E-state index is 0.00331. The monoisotopic (exact) mass is 392 g/mol. The molecule has 0 spiro atoms. The van der Waals surface area contributed by atoms with Crippen LogP contribution in [0.3, 0.4) is 0 Å². The van der Waals surface area contributed by atoms with Crippen molar-refractivity contribution in [3.8, 4) is 5.69 Å². The number of carbonyl (C=O) groups is 1. The fourth-order valence-electron chi connectivity index (χ4n) is 3.24. The van der Waals surface area contributed by atoms with Crippen LogP contribution in [-0.4, -0.2) is 50.1 Å². The van der Waals surface area contributed by atoms with Crippen molar-refractivity contribution in [2.75, 3.05) is 19.7 Å². The van der Waals surface area contributed by atoms with Gasteiger partial charge in [0.25, 0.3) is 5.91 Å². The van der Waals surface area contributed by atoms with Crippen molar-refractivity contribution < 1.29 is 23.1 Å². The molecule has 4 rings (SSSR count). The van der Waals surface area contributed by atoms with E-state index in [2.05, 4.69) is 9.97 Å². The third-order valence-corrected chi connectivity index (χ3v) is 4.76. The number of aromatic nitrogens is 3. The summed E-state index contributed by atoms with van der Waals surface area (Å²) in [6.07, 6.45) is -3.11. The molecular weight excluding hydrogens is 377 g/mol. The lowest BCUT2D eigenvalue weighted by atomic mass is 10.00. The van der Waals surface area contributed by atoms with Gasteiger partial charge >= 0.3 is 11.9 Å². The molecule has 7 nitrogen and oxygen atoms in total. The molecule has 3 heterocycles. The summed E-state index contributed by atoms with van der Waals surface area (Å²) in [6, 6.07) is 5.59. The number of amides is 1. The van der Waals surface area contributed by atoms with E-state index >= 15 is 0 Å². The Labute approximate surface area is 156 Å². The van der Waals surface area contributed by atoms with Crippen LogP contribution in [0.25, 0.3) is 16.9 Å². The van der Waals surface area contributed by atoms with Crippen LogP contribution >= 0.6 is 0 Å². The van der Waals surface area contributed by atoms with Gasteiger partial charge in [-0.05, 0) is 30.3 Å². The van der Waals surface area contributed by atoms with Gasteiger partial charge in [-0.3, -0.25) is 4.79 Å². The smallest absolute Gasteiger partial charge is 0.396 e. The van der Waals surface area contributed by atoms with Crippen LogP contribution in [0, 0.1) is 5.92 Å². The second-order valence-electron chi connectivity index (χ2n) is 6.63. The summed E-state index contributed by atoms with van der Waals surface area (Å²) in [4.78, 5) is 33.4. The molecule has 0 radical (unpaired) electrons. The number of fused-ring (bicyclic) bond motifs is 1. The van der Waals surface area contributed by atoms with E-state index < -0.39 is 17.4 Å². The van der Waals surface area contributed by atoms with Crippen LogP contribution in [0.5, 0.6) is 0 Å². The first-order valence-electron chi connectivity index (χ1n) is 8.47. The first-order chi connectivity index (χ1) is 13.3. The number of aromatic amines is 1. The number of halogens is 3. The maximum atomic E-state index is 12.8. The average Bonchev–Trinajstić information content (AvgIpc) is 2.95. The predicted molar refractivity (Wildman–Crippen MR) is 93.2 cm³/mol. The van der Waals surface area contributed by atoms with E-state index in [-0.39, 0.29) is 40.8 Å². The lowest BCUT2D eigenvalue weighted by Gasteiger charge is -2.38. The second-order valence-corrected chi connectivity index (χ2v) is 6.63. The van der Waals surface area contributed by atoms with Crippen molar-refractivity contribution in [1.82, 2.24) is 19.4 Å². The molecule has 1 aliphatic rings. The zero-order valence-corrected chi connectivity index (χ0v) is 14.4. The average molecular weight is 392 g/mol. The van der Waals surface area contributed by atoms with Crippen LogP contribution in [0.1, 0.15) is 15.9 Å². The number of aliphatic hydroxyl groups is 1. The van der Waals surface area contributed by atoms with E-state index in [1.165, 1.54) is 24.4 Å². The molecule has 0 aliphatic carbocycles. The zero-order valence-electron chi connectivity index (χ0n) is 14.4. The highest BCUT2D eigenvalue weighted by molar-refractivity contribution is 6.04. The lowest BCUT2D eigenvalue weighted by molar-refractivity contribution is -0.137. The molecule has 0 atom stereocenters. The molecule has 2 aromatic heterocycles. The van der Waals surface area contributed by atoms with Crippen molar-refractivity contribution >= 4 is 17.1 Å². The molecule has 1 saturated heterocycles.